The molecular formula is C57H42N2O. The van der Waals surface area contributed by atoms with Crippen molar-refractivity contribution in [1.29, 1.82) is 0 Å². The van der Waals surface area contributed by atoms with E-state index < -0.39 is 0 Å². The summed E-state index contributed by atoms with van der Waals surface area (Å²) >= 11 is 0. The minimum atomic E-state index is 0.909. The monoisotopic (exact) mass is 770 g/mol. The van der Waals surface area contributed by atoms with E-state index in [4.69, 9.17) is 4.42 Å². The van der Waals surface area contributed by atoms with Crippen molar-refractivity contribution in [2.45, 2.75) is 6.92 Å². The molecule has 0 N–H and O–H groups in total. The second-order valence-electron chi connectivity index (χ2n) is 15.0. The third kappa shape index (κ3) is 6.72. The van der Waals surface area contributed by atoms with Crippen LogP contribution in [0.5, 0.6) is 0 Å². The van der Waals surface area contributed by atoms with E-state index in [1.54, 1.807) is 6.08 Å². The lowest BCUT2D eigenvalue weighted by molar-refractivity contribution is 0.669. The number of furan rings is 1. The lowest BCUT2D eigenvalue weighted by atomic mass is 10.0. The molecule has 0 aliphatic rings. The summed E-state index contributed by atoms with van der Waals surface area (Å²) in [6.07, 6.45) is 1.75. The molecule has 11 aromatic rings. The highest BCUT2D eigenvalue weighted by atomic mass is 16.3. The van der Waals surface area contributed by atoms with Crippen molar-refractivity contribution in [3.8, 4) is 39.1 Å². The van der Waals surface area contributed by atoms with E-state index in [-0.39, 0.29) is 0 Å². The zero-order chi connectivity index (χ0) is 40.4. The van der Waals surface area contributed by atoms with Gasteiger partial charge < -0.3 is 13.9 Å². The Morgan fingerprint density at radius 3 is 1.48 bits per heavy atom. The summed E-state index contributed by atoms with van der Waals surface area (Å²) in [6.45, 7) is 5.25. The minimum absolute atomic E-state index is 0.909. The van der Waals surface area contributed by atoms with Gasteiger partial charge in [0.15, 0.2) is 0 Å². The van der Waals surface area contributed by atoms with Gasteiger partial charge in [-0.1, -0.05) is 140 Å². The molecule has 0 aliphatic heterocycles. The van der Waals surface area contributed by atoms with Gasteiger partial charge in [-0.3, -0.25) is 0 Å². The molecule has 11 rings (SSSR count). The van der Waals surface area contributed by atoms with Crippen LogP contribution >= 0.6 is 0 Å². The summed E-state index contributed by atoms with van der Waals surface area (Å²) in [5.74, 6) is 0. The van der Waals surface area contributed by atoms with Crippen LogP contribution < -0.4 is 4.90 Å². The molecule has 0 bridgehead atoms. The Kier molecular flexibility index (Phi) is 9.61. The number of rotatable bonds is 7. The largest absolute Gasteiger partial charge is 0.456 e. The Balaban J connectivity index is 0.00000140. The van der Waals surface area contributed by atoms with Crippen molar-refractivity contribution in [3.05, 3.63) is 231 Å². The SMILES string of the molecule is C=CC.c1ccc(-c2ccc(-n3c4ccccc4c4cc(-c5ccc(N(c6ccccc6)c6ccc(-c7ccc8oc9ccccc9c8c7)cc6)cc5)ccc43)cc2)cc1. The molecule has 60 heavy (non-hydrogen) atoms. The first-order valence-corrected chi connectivity index (χ1v) is 20.4. The Bertz CT molecular complexity index is 3250. The van der Waals surface area contributed by atoms with E-state index >= 15 is 0 Å². The molecule has 0 saturated heterocycles. The van der Waals surface area contributed by atoms with Gasteiger partial charge in [0.05, 0.1) is 11.0 Å². The predicted octanol–water partition coefficient (Wildman–Crippen LogP) is 16.3. The number of anilines is 3. The van der Waals surface area contributed by atoms with Crippen LogP contribution in [-0.2, 0) is 0 Å². The van der Waals surface area contributed by atoms with Crippen molar-refractivity contribution >= 4 is 60.8 Å². The zero-order valence-electron chi connectivity index (χ0n) is 33.4. The summed E-state index contributed by atoms with van der Waals surface area (Å²) in [7, 11) is 0. The minimum Gasteiger partial charge on any atom is -0.456 e. The van der Waals surface area contributed by atoms with Gasteiger partial charge in [-0.05, 0) is 125 Å². The molecule has 0 amide bonds. The third-order valence-corrected chi connectivity index (χ3v) is 11.2. The highest BCUT2D eigenvalue weighted by Gasteiger charge is 2.16. The van der Waals surface area contributed by atoms with Crippen LogP contribution in [0.25, 0.3) is 82.8 Å². The van der Waals surface area contributed by atoms with Crippen molar-refractivity contribution < 1.29 is 4.42 Å². The van der Waals surface area contributed by atoms with Crippen molar-refractivity contribution in [2.24, 2.45) is 0 Å². The van der Waals surface area contributed by atoms with Crippen LogP contribution in [0.15, 0.2) is 235 Å². The first-order valence-electron chi connectivity index (χ1n) is 20.4. The maximum absolute atomic E-state index is 6.09. The van der Waals surface area contributed by atoms with Gasteiger partial charge in [-0.2, -0.15) is 0 Å². The Morgan fingerprint density at radius 1 is 0.383 bits per heavy atom. The number of fused-ring (bicyclic) bond motifs is 6. The van der Waals surface area contributed by atoms with Crippen LogP contribution in [0.3, 0.4) is 0 Å². The van der Waals surface area contributed by atoms with E-state index in [1.807, 2.05) is 19.1 Å². The van der Waals surface area contributed by atoms with Crippen LogP contribution in [0.4, 0.5) is 17.1 Å². The molecular weight excluding hydrogens is 729 g/mol. The van der Waals surface area contributed by atoms with Crippen LogP contribution in [0, 0.1) is 0 Å². The summed E-state index contributed by atoms with van der Waals surface area (Å²) < 4.78 is 8.47. The molecule has 0 atom stereocenters. The van der Waals surface area contributed by atoms with Gasteiger partial charge in [0.2, 0.25) is 0 Å². The van der Waals surface area contributed by atoms with Gasteiger partial charge >= 0.3 is 0 Å². The van der Waals surface area contributed by atoms with E-state index in [0.29, 0.717) is 0 Å². The summed E-state index contributed by atoms with van der Waals surface area (Å²) in [6, 6.07) is 78.1. The zero-order valence-corrected chi connectivity index (χ0v) is 33.4. The third-order valence-electron chi connectivity index (χ3n) is 11.2. The van der Waals surface area contributed by atoms with Gasteiger partial charge in [0, 0.05) is 44.3 Å². The number of allylic oxidation sites excluding steroid dienone is 1. The first kappa shape index (κ1) is 36.5. The van der Waals surface area contributed by atoms with Crippen molar-refractivity contribution in [3.63, 3.8) is 0 Å². The highest BCUT2D eigenvalue weighted by Crippen LogP contribution is 2.39. The number of nitrogens with zero attached hydrogens (tertiary/aromatic N) is 2. The van der Waals surface area contributed by atoms with Crippen molar-refractivity contribution in [1.82, 2.24) is 4.57 Å². The van der Waals surface area contributed by atoms with Crippen LogP contribution in [0.1, 0.15) is 6.92 Å². The second kappa shape index (κ2) is 15.8. The van der Waals surface area contributed by atoms with E-state index in [2.05, 4.69) is 222 Å². The van der Waals surface area contributed by atoms with Crippen LogP contribution in [0.2, 0.25) is 0 Å². The lowest BCUT2D eigenvalue weighted by Gasteiger charge is -2.26. The molecule has 0 unspecified atom stereocenters. The summed E-state index contributed by atoms with van der Waals surface area (Å²) in [4.78, 5) is 2.32. The molecule has 0 spiro atoms. The fourth-order valence-corrected chi connectivity index (χ4v) is 8.40. The lowest BCUT2D eigenvalue weighted by Crippen LogP contribution is -2.09. The van der Waals surface area contributed by atoms with Gasteiger partial charge in [-0.25, -0.2) is 0 Å². The number of hydrogen-bond donors (Lipinski definition) is 0. The number of benzene rings is 9. The standard InChI is InChI=1S/C54H36N2O.C3H6/c1-3-11-37(12-4-1)38-19-31-46(32-20-38)56-51-17-9-7-15-47(51)49-35-41(25-33-52(49)56)39-21-27-44(28-22-39)55(43-13-5-2-6-14-43)45-29-23-40(24-30-45)42-26-34-54-50(36-42)48-16-8-10-18-53(48)57-54;1-3-2/h1-36H;3H,1H2,2H3. The molecule has 286 valence electrons. The van der Waals surface area contributed by atoms with Gasteiger partial charge in [-0.15, -0.1) is 6.58 Å². The number of hydrogen-bond acceptors (Lipinski definition) is 2. The maximum Gasteiger partial charge on any atom is 0.135 e. The molecule has 0 fully saturated rings. The Morgan fingerprint density at radius 2 is 0.817 bits per heavy atom. The molecule has 0 saturated carbocycles. The molecule has 3 heteroatoms. The second-order valence-corrected chi connectivity index (χ2v) is 15.0. The molecule has 0 aliphatic carbocycles. The smallest absolute Gasteiger partial charge is 0.135 e. The Labute approximate surface area is 350 Å². The molecule has 3 nitrogen and oxygen atoms in total. The average Bonchev–Trinajstić information content (AvgIpc) is 3.86. The highest BCUT2D eigenvalue weighted by molar-refractivity contribution is 6.10. The van der Waals surface area contributed by atoms with E-state index in [9.17, 15) is 0 Å². The topological polar surface area (TPSA) is 21.3 Å². The molecule has 0 radical (unpaired) electrons. The van der Waals surface area contributed by atoms with E-state index in [1.165, 1.54) is 44.1 Å². The van der Waals surface area contributed by atoms with Gasteiger partial charge in [0.25, 0.3) is 0 Å². The molecule has 2 aromatic heterocycles. The normalized spacial score (nSPS) is 11.2. The van der Waals surface area contributed by atoms with Crippen LogP contribution in [-0.4, -0.2) is 4.57 Å². The van der Waals surface area contributed by atoms with E-state index in [0.717, 1.165) is 55.8 Å². The molecule has 9 aromatic carbocycles. The summed E-state index contributed by atoms with van der Waals surface area (Å²) in [5, 5.41) is 4.76. The summed E-state index contributed by atoms with van der Waals surface area (Å²) in [5.41, 5.74) is 15.8. The maximum atomic E-state index is 6.09. The molecule has 2 heterocycles. The van der Waals surface area contributed by atoms with Gasteiger partial charge in [0.1, 0.15) is 11.2 Å². The number of para-hydroxylation sites is 3. The predicted molar refractivity (Wildman–Crippen MR) is 255 cm³/mol. The van der Waals surface area contributed by atoms with Crippen molar-refractivity contribution in [2.75, 3.05) is 4.90 Å². The Hall–Kier alpha value is -7.88. The quantitative estimate of drug-likeness (QED) is 0.151. The fraction of sp³-hybridized carbons (Fsp3) is 0.0175. The first-order chi connectivity index (χ1) is 29.7. The number of aromatic nitrogens is 1. The fourth-order valence-electron chi connectivity index (χ4n) is 8.40. The average molecular weight is 771 g/mol.